The summed E-state index contributed by atoms with van der Waals surface area (Å²) in [7, 11) is 1.75. The quantitative estimate of drug-likeness (QED) is 0.922. The summed E-state index contributed by atoms with van der Waals surface area (Å²) in [6.07, 6.45) is 2.86. The van der Waals surface area contributed by atoms with Crippen molar-refractivity contribution in [2.24, 2.45) is 5.92 Å². The van der Waals surface area contributed by atoms with E-state index in [1.165, 1.54) is 0 Å². The lowest BCUT2D eigenvalue weighted by Crippen LogP contribution is -2.22. The first kappa shape index (κ1) is 11.7. The van der Waals surface area contributed by atoms with E-state index in [0.29, 0.717) is 11.6 Å². The van der Waals surface area contributed by atoms with E-state index in [0.717, 1.165) is 36.4 Å². The zero-order valence-corrected chi connectivity index (χ0v) is 10.9. The van der Waals surface area contributed by atoms with Gasteiger partial charge in [0.05, 0.1) is 23.0 Å². The van der Waals surface area contributed by atoms with Crippen LogP contribution in [0.5, 0.6) is 0 Å². The van der Waals surface area contributed by atoms with Crippen LogP contribution in [-0.2, 0) is 4.74 Å². The first-order chi connectivity index (χ1) is 7.70. The van der Waals surface area contributed by atoms with Gasteiger partial charge < -0.3 is 15.4 Å². The number of methoxy groups -OCH3 is 1. The van der Waals surface area contributed by atoms with Crippen LogP contribution < -0.4 is 10.6 Å². The van der Waals surface area contributed by atoms with E-state index in [1.54, 1.807) is 13.3 Å². The Kier molecular flexibility index (Phi) is 3.66. The molecular weight excluding hydrogens is 270 g/mol. The summed E-state index contributed by atoms with van der Waals surface area (Å²) >= 11 is 3.50. The van der Waals surface area contributed by atoms with Gasteiger partial charge in [0.2, 0.25) is 0 Å². The lowest BCUT2D eigenvalue weighted by atomic mass is 10.1. The van der Waals surface area contributed by atoms with Crippen LogP contribution in [0.4, 0.5) is 11.5 Å². The van der Waals surface area contributed by atoms with E-state index < -0.39 is 0 Å². The Morgan fingerprint density at radius 2 is 2.50 bits per heavy atom. The number of ether oxygens (including phenoxy) is 1. The molecule has 1 aromatic heterocycles. The molecule has 0 spiro atoms. The molecule has 2 heterocycles. The Hall–Kier alpha value is -0.810. The molecule has 5 heteroatoms. The molecule has 1 saturated heterocycles. The van der Waals surface area contributed by atoms with Crippen molar-refractivity contribution in [1.29, 1.82) is 0 Å². The zero-order chi connectivity index (χ0) is 11.5. The summed E-state index contributed by atoms with van der Waals surface area (Å²) in [4.78, 5) is 6.64. The number of nitrogen functional groups attached to an aromatic ring is 1. The summed E-state index contributed by atoms with van der Waals surface area (Å²) in [5.74, 6) is 1.59. The van der Waals surface area contributed by atoms with Crippen molar-refractivity contribution >= 4 is 27.4 Å². The van der Waals surface area contributed by atoms with Crippen LogP contribution in [0.1, 0.15) is 6.42 Å². The number of pyridine rings is 1. The fourth-order valence-electron chi connectivity index (χ4n) is 2.07. The Morgan fingerprint density at radius 3 is 3.19 bits per heavy atom. The Morgan fingerprint density at radius 1 is 1.69 bits per heavy atom. The number of nitrogens with zero attached hydrogens (tertiary/aromatic N) is 2. The summed E-state index contributed by atoms with van der Waals surface area (Å²) in [5.41, 5.74) is 6.35. The van der Waals surface area contributed by atoms with Gasteiger partial charge >= 0.3 is 0 Å². The van der Waals surface area contributed by atoms with Gasteiger partial charge in [0.15, 0.2) is 0 Å². The van der Waals surface area contributed by atoms with Crippen molar-refractivity contribution in [3.05, 3.63) is 16.7 Å². The van der Waals surface area contributed by atoms with Gasteiger partial charge in [-0.05, 0) is 28.4 Å². The van der Waals surface area contributed by atoms with Crippen LogP contribution in [0.3, 0.4) is 0 Å². The molecule has 1 aliphatic heterocycles. The molecule has 0 bridgehead atoms. The maximum absolute atomic E-state index is 5.67. The minimum atomic E-state index is 0.608. The van der Waals surface area contributed by atoms with Crippen molar-refractivity contribution in [3.8, 4) is 0 Å². The van der Waals surface area contributed by atoms with Crippen LogP contribution in [-0.4, -0.2) is 31.8 Å². The zero-order valence-electron chi connectivity index (χ0n) is 9.32. The molecule has 1 atom stereocenters. The molecule has 4 nitrogen and oxygen atoms in total. The highest BCUT2D eigenvalue weighted by Crippen LogP contribution is 2.29. The summed E-state index contributed by atoms with van der Waals surface area (Å²) in [6, 6.07) is 1.89. The third-order valence-electron chi connectivity index (χ3n) is 2.83. The van der Waals surface area contributed by atoms with E-state index in [4.69, 9.17) is 10.5 Å². The van der Waals surface area contributed by atoms with Gasteiger partial charge in [0.25, 0.3) is 0 Å². The molecule has 0 aliphatic carbocycles. The number of hydrogen-bond donors (Lipinski definition) is 1. The van der Waals surface area contributed by atoms with Crippen molar-refractivity contribution in [2.75, 3.05) is 37.4 Å². The largest absolute Gasteiger partial charge is 0.397 e. The maximum atomic E-state index is 5.67. The van der Waals surface area contributed by atoms with Gasteiger partial charge in [0.1, 0.15) is 5.82 Å². The standard InChI is InChI=1S/C11H16BrN3O/c1-16-7-8-2-3-15(6-8)11-10(12)4-9(13)5-14-11/h4-5,8H,2-3,6-7,13H2,1H3. The molecule has 2 rings (SSSR count). The van der Waals surface area contributed by atoms with Gasteiger partial charge in [-0.15, -0.1) is 0 Å². The second-order valence-corrected chi connectivity index (χ2v) is 4.98. The number of aromatic nitrogens is 1. The van der Waals surface area contributed by atoms with Gasteiger partial charge in [-0.3, -0.25) is 0 Å². The van der Waals surface area contributed by atoms with Crippen LogP contribution >= 0.6 is 15.9 Å². The number of nitrogens with two attached hydrogens (primary N) is 1. The highest BCUT2D eigenvalue weighted by Gasteiger charge is 2.24. The molecule has 1 aliphatic rings. The third-order valence-corrected chi connectivity index (χ3v) is 3.41. The summed E-state index contributed by atoms with van der Waals surface area (Å²) in [6.45, 7) is 2.86. The maximum Gasteiger partial charge on any atom is 0.143 e. The SMILES string of the molecule is COCC1CCN(c2ncc(N)cc2Br)C1. The highest BCUT2D eigenvalue weighted by molar-refractivity contribution is 9.10. The number of rotatable bonds is 3. The smallest absolute Gasteiger partial charge is 0.143 e. The molecular formula is C11H16BrN3O. The van der Waals surface area contributed by atoms with Gasteiger partial charge in [-0.2, -0.15) is 0 Å². The lowest BCUT2D eigenvalue weighted by Gasteiger charge is -2.18. The lowest BCUT2D eigenvalue weighted by molar-refractivity contribution is 0.161. The topological polar surface area (TPSA) is 51.4 Å². The molecule has 0 amide bonds. The molecule has 16 heavy (non-hydrogen) atoms. The minimum Gasteiger partial charge on any atom is -0.397 e. The van der Waals surface area contributed by atoms with Gasteiger partial charge in [0, 0.05) is 26.1 Å². The fraction of sp³-hybridized carbons (Fsp3) is 0.545. The average Bonchev–Trinajstić information content (AvgIpc) is 2.67. The molecule has 0 radical (unpaired) electrons. The molecule has 2 N–H and O–H groups in total. The van der Waals surface area contributed by atoms with E-state index >= 15 is 0 Å². The minimum absolute atomic E-state index is 0.608. The molecule has 88 valence electrons. The van der Waals surface area contributed by atoms with Gasteiger partial charge in [-0.25, -0.2) is 4.98 Å². The molecule has 0 saturated carbocycles. The van der Waals surface area contributed by atoms with Crippen molar-refractivity contribution in [2.45, 2.75) is 6.42 Å². The number of hydrogen-bond acceptors (Lipinski definition) is 4. The highest BCUT2D eigenvalue weighted by atomic mass is 79.9. The van der Waals surface area contributed by atoms with Crippen LogP contribution in [0.15, 0.2) is 16.7 Å². The van der Waals surface area contributed by atoms with E-state index in [2.05, 4.69) is 25.8 Å². The van der Waals surface area contributed by atoms with Crippen molar-refractivity contribution < 1.29 is 4.74 Å². The number of halogens is 1. The van der Waals surface area contributed by atoms with Crippen LogP contribution in [0, 0.1) is 5.92 Å². The predicted octanol–water partition coefficient (Wildman–Crippen LogP) is 1.90. The Labute approximate surface area is 104 Å². The first-order valence-corrected chi connectivity index (χ1v) is 6.15. The van der Waals surface area contributed by atoms with Crippen molar-refractivity contribution in [3.63, 3.8) is 0 Å². The Balaban J connectivity index is 2.08. The van der Waals surface area contributed by atoms with E-state index in [1.807, 2.05) is 6.07 Å². The first-order valence-electron chi connectivity index (χ1n) is 5.35. The van der Waals surface area contributed by atoms with Gasteiger partial charge in [-0.1, -0.05) is 0 Å². The second kappa shape index (κ2) is 5.01. The molecule has 1 aromatic rings. The molecule has 1 fully saturated rings. The fourth-order valence-corrected chi connectivity index (χ4v) is 2.69. The summed E-state index contributed by atoms with van der Waals surface area (Å²) < 4.78 is 6.14. The predicted molar refractivity (Wildman–Crippen MR) is 68.5 cm³/mol. The van der Waals surface area contributed by atoms with Crippen LogP contribution in [0.2, 0.25) is 0 Å². The third kappa shape index (κ3) is 2.47. The second-order valence-electron chi connectivity index (χ2n) is 4.13. The molecule has 1 unspecified atom stereocenters. The normalized spacial score (nSPS) is 20.4. The van der Waals surface area contributed by atoms with E-state index in [9.17, 15) is 0 Å². The van der Waals surface area contributed by atoms with Crippen LogP contribution in [0.25, 0.3) is 0 Å². The van der Waals surface area contributed by atoms with E-state index in [-0.39, 0.29) is 0 Å². The number of anilines is 2. The summed E-state index contributed by atoms with van der Waals surface area (Å²) in [5, 5.41) is 0. The monoisotopic (exact) mass is 285 g/mol. The van der Waals surface area contributed by atoms with Crippen molar-refractivity contribution in [1.82, 2.24) is 4.98 Å². The average molecular weight is 286 g/mol. The Bertz CT molecular complexity index is 372. The molecule has 0 aromatic carbocycles.